The normalized spacial score (nSPS) is 18.1. The Labute approximate surface area is 220 Å². The summed E-state index contributed by atoms with van der Waals surface area (Å²) in [6.45, 7) is 6.14. The first kappa shape index (κ1) is 25.6. The third kappa shape index (κ3) is 4.92. The standard InChI is InChI=1S/C25H30N6O4S2/c1-16-15-36-25(26-16)27-24(33)20-8-6-11-29(13-20)37(34,35)23-17(2)28-31(18(23)3)14-22(32)30-12-10-19-7-4-5-9-21(19)30/h4-5,7,9,15,20H,6,8,10-14H2,1-3H3,(H,26,27,33)/t20-/m0/s1. The number of aryl methyl sites for hydroxylation is 2. The minimum Gasteiger partial charge on any atom is -0.310 e. The monoisotopic (exact) mass is 542 g/mol. The summed E-state index contributed by atoms with van der Waals surface area (Å²) in [6, 6.07) is 7.80. The highest BCUT2D eigenvalue weighted by atomic mass is 32.2. The summed E-state index contributed by atoms with van der Waals surface area (Å²) < 4.78 is 30.3. The highest BCUT2D eigenvalue weighted by Gasteiger charge is 2.37. The van der Waals surface area contributed by atoms with Crippen molar-refractivity contribution >= 4 is 44.0 Å². The molecular weight excluding hydrogens is 512 g/mol. The van der Waals surface area contributed by atoms with Crippen molar-refractivity contribution in [3.05, 3.63) is 52.3 Å². The predicted molar refractivity (Wildman–Crippen MR) is 141 cm³/mol. The molecule has 2 aliphatic rings. The molecule has 0 aliphatic carbocycles. The zero-order valence-electron chi connectivity index (χ0n) is 21.1. The number of rotatable bonds is 6. The average molecular weight is 543 g/mol. The van der Waals surface area contributed by atoms with Crippen LogP contribution in [-0.4, -0.2) is 58.9 Å². The molecule has 2 aromatic heterocycles. The van der Waals surface area contributed by atoms with Gasteiger partial charge >= 0.3 is 0 Å². The van der Waals surface area contributed by atoms with Gasteiger partial charge in [-0.15, -0.1) is 11.3 Å². The average Bonchev–Trinajstić information content (AvgIpc) is 3.56. The Morgan fingerprint density at radius 1 is 1.16 bits per heavy atom. The van der Waals surface area contributed by atoms with Crippen LogP contribution in [0.3, 0.4) is 0 Å². The van der Waals surface area contributed by atoms with E-state index in [9.17, 15) is 18.0 Å². The van der Waals surface area contributed by atoms with Crippen molar-refractivity contribution in [3.8, 4) is 0 Å². The number of anilines is 2. The number of benzene rings is 1. The van der Waals surface area contributed by atoms with Gasteiger partial charge < -0.3 is 10.2 Å². The fourth-order valence-electron chi connectivity index (χ4n) is 5.14. The topological polar surface area (TPSA) is 118 Å². The third-order valence-corrected chi connectivity index (χ3v) is 9.98. The third-order valence-electron chi connectivity index (χ3n) is 6.99. The predicted octanol–water partition coefficient (Wildman–Crippen LogP) is 2.89. The number of fused-ring (bicyclic) bond motifs is 1. The van der Waals surface area contributed by atoms with E-state index in [0.717, 1.165) is 23.4 Å². The van der Waals surface area contributed by atoms with Gasteiger partial charge in [0, 0.05) is 30.7 Å². The molecule has 1 saturated heterocycles. The Balaban J connectivity index is 1.32. The lowest BCUT2D eigenvalue weighted by atomic mass is 9.99. The van der Waals surface area contributed by atoms with Crippen LogP contribution in [0.1, 0.15) is 35.5 Å². The van der Waals surface area contributed by atoms with Gasteiger partial charge in [-0.3, -0.25) is 14.3 Å². The Morgan fingerprint density at radius 3 is 2.70 bits per heavy atom. The van der Waals surface area contributed by atoms with Crippen LogP contribution < -0.4 is 10.2 Å². The van der Waals surface area contributed by atoms with Gasteiger partial charge in [-0.1, -0.05) is 18.2 Å². The van der Waals surface area contributed by atoms with Crippen molar-refractivity contribution in [1.82, 2.24) is 19.1 Å². The number of hydrogen-bond donors (Lipinski definition) is 1. The number of nitrogens with zero attached hydrogens (tertiary/aromatic N) is 5. The highest BCUT2D eigenvalue weighted by molar-refractivity contribution is 7.89. The van der Waals surface area contributed by atoms with Gasteiger partial charge in [0.1, 0.15) is 11.4 Å². The smallest absolute Gasteiger partial charge is 0.248 e. The fourth-order valence-corrected chi connectivity index (χ4v) is 7.73. The Hall–Kier alpha value is -3.09. The van der Waals surface area contributed by atoms with Crippen LogP contribution in [0.4, 0.5) is 10.8 Å². The summed E-state index contributed by atoms with van der Waals surface area (Å²) >= 11 is 1.34. The number of aromatic nitrogens is 3. The summed E-state index contributed by atoms with van der Waals surface area (Å²) in [5.74, 6) is -0.832. The second-order valence-corrected chi connectivity index (χ2v) is 12.3. The molecular formula is C25H30N6O4S2. The maximum atomic E-state index is 13.7. The van der Waals surface area contributed by atoms with Crippen LogP contribution in [-0.2, 0) is 32.6 Å². The van der Waals surface area contributed by atoms with Crippen molar-refractivity contribution in [3.63, 3.8) is 0 Å². The fraction of sp³-hybridized carbons (Fsp3) is 0.440. The van der Waals surface area contributed by atoms with Crippen molar-refractivity contribution in [2.24, 2.45) is 5.92 Å². The number of nitrogens with one attached hydrogen (secondary N) is 1. The molecule has 1 N–H and O–H groups in total. The maximum absolute atomic E-state index is 13.7. The van der Waals surface area contributed by atoms with Gasteiger partial charge in [0.25, 0.3) is 0 Å². The van der Waals surface area contributed by atoms with Crippen molar-refractivity contribution < 1.29 is 18.0 Å². The van der Waals surface area contributed by atoms with E-state index >= 15 is 0 Å². The summed E-state index contributed by atoms with van der Waals surface area (Å²) in [5, 5.41) is 9.61. The number of para-hydroxylation sites is 1. The maximum Gasteiger partial charge on any atom is 0.248 e. The molecule has 10 nitrogen and oxygen atoms in total. The van der Waals surface area contributed by atoms with Crippen molar-refractivity contribution in [2.45, 2.75) is 51.5 Å². The molecule has 1 aromatic carbocycles. The molecule has 5 rings (SSSR count). The van der Waals surface area contributed by atoms with E-state index in [-0.39, 0.29) is 29.8 Å². The first-order valence-corrected chi connectivity index (χ1v) is 14.6. The molecule has 196 valence electrons. The van der Waals surface area contributed by atoms with Crippen LogP contribution in [0.15, 0.2) is 34.5 Å². The molecule has 3 aromatic rings. The zero-order valence-corrected chi connectivity index (χ0v) is 22.7. The summed E-state index contributed by atoms with van der Waals surface area (Å²) in [6.07, 6.45) is 1.98. The summed E-state index contributed by atoms with van der Waals surface area (Å²) in [7, 11) is -3.91. The van der Waals surface area contributed by atoms with E-state index in [4.69, 9.17) is 0 Å². The lowest BCUT2D eigenvalue weighted by Gasteiger charge is -2.31. The molecule has 4 heterocycles. The van der Waals surface area contributed by atoms with E-state index in [1.165, 1.54) is 20.3 Å². The molecule has 12 heteroatoms. The molecule has 0 spiro atoms. The number of hydrogen-bond acceptors (Lipinski definition) is 7. The van der Waals surface area contributed by atoms with E-state index < -0.39 is 15.9 Å². The van der Waals surface area contributed by atoms with Gasteiger partial charge in [0.15, 0.2) is 5.13 Å². The minimum atomic E-state index is -3.91. The first-order valence-electron chi connectivity index (χ1n) is 12.3. The van der Waals surface area contributed by atoms with E-state index in [1.807, 2.05) is 36.6 Å². The molecule has 2 aliphatic heterocycles. The Bertz CT molecular complexity index is 1460. The molecule has 0 radical (unpaired) electrons. The highest BCUT2D eigenvalue weighted by Crippen LogP contribution is 2.30. The molecule has 0 unspecified atom stereocenters. The quantitative estimate of drug-likeness (QED) is 0.512. The van der Waals surface area contributed by atoms with Gasteiger partial charge in [-0.25, -0.2) is 13.4 Å². The van der Waals surface area contributed by atoms with Crippen LogP contribution in [0, 0.1) is 26.7 Å². The molecule has 37 heavy (non-hydrogen) atoms. The number of amides is 2. The molecule has 1 atom stereocenters. The number of carbonyl (C=O) groups is 2. The number of piperidine rings is 1. The second kappa shape index (κ2) is 9.99. The van der Waals surface area contributed by atoms with Crippen molar-refractivity contribution in [1.29, 1.82) is 0 Å². The molecule has 0 bridgehead atoms. The Morgan fingerprint density at radius 2 is 1.95 bits per heavy atom. The van der Waals surface area contributed by atoms with E-state index in [1.54, 1.807) is 18.7 Å². The zero-order chi connectivity index (χ0) is 26.3. The summed E-state index contributed by atoms with van der Waals surface area (Å²) in [5.41, 5.74) is 3.61. The van der Waals surface area contributed by atoms with Crippen LogP contribution in [0.25, 0.3) is 0 Å². The second-order valence-electron chi connectivity index (χ2n) is 9.57. The number of thiazole rings is 1. The number of carbonyl (C=O) groups excluding carboxylic acids is 2. The lowest BCUT2D eigenvalue weighted by molar-refractivity contribution is -0.121. The van der Waals surface area contributed by atoms with E-state index in [2.05, 4.69) is 15.4 Å². The van der Waals surface area contributed by atoms with Crippen LogP contribution >= 0.6 is 11.3 Å². The number of sulfonamides is 1. The molecule has 1 fully saturated rings. The summed E-state index contributed by atoms with van der Waals surface area (Å²) in [4.78, 5) is 32.1. The molecule has 2 amide bonds. The van der Waals surface area contributed by atoms with Gasteiger partial charge in [-0.2, -0.15) is 9.40 Å². The van der Waals surface area contributed by atoms with E-state index in [0.29, 0.717) is 42.5 Å². The van der Waals surface area contributed by atoms with Crippen LogP contribution in [0.5, 0.6) is 0 Å². The molecule has 0 saturated carbocycles. The SMILES string of the molecule is Cc1csc(NC(=O)[C@H]2CCCN(S(=O)(=O)c3c(C)nn(CC(=O)N4CCc5ccccc54)c3C)C2)n1. The Kier molecular flexibility index (Phi) is 6.90. The van der Waals surface area contributed by atoms with Gasteiger partial charge in [0.2, 0.25) is 21.8 Å². The largest absolute Gasteiger partial charge is 0.310 e. The van der Waals surface area contributed by atoms with Crippen LogP contribution in [0.2, 0.25) is 0 Å². The van der Waals surface area contributed by atoms with Gasteiger partial charge in [0.05, 0.1) is 23.0 Å². The minimum absolute atomic E-state index is 0.0468. The first-order chi connectivity index (χ1) is 17.6. The van der Waals surface area contributed by atoms with Gasteiger partial charge in [-0.05, 0) is 51.7 Å². The lowest BCUT2D eigenvalue weighted by Crippen LogP contribution is -2.44. The van der Waals surface area contributed by atoms with Crippen molar-refractivity contribution in [2.75, 3.05) is 29.9 Å².